The molecule has 19 heavy (non-hydrogen) atoms. The molecule has 5 nitrogen and oxygen atoms in total. The second kappa shape index (κ2) is 5.12. The molecule has 5 heteroatoms. The van der Waals surface area contributed by atoms with Crippen molar-refractivity contribution in [3.05, 3.63) is 0 Å². The predicted molar refractivity (Wildman–Crippen MR) is 71.5 cm³/mol. The van der Waals surface area contributed by atoms with Crippen LogP contribution in [-0.2, 0) is 9.59 Å². The van der Waals surface area contributed by atoms with Gasteiger partial charge in [0.05, 0.1) is 18.0 Å². The highest BCUT2D eigenvalue weighted by molar-refractivity contribution is 5.86. The first-order chi connectivity index (χ1) is 9.16. The van der Waals surface area contributed by atoms with Crippen molar-refractivity contribution in [3.63, 3.8) is 0 Å². The van der Waals surface area contributed by atoms with Gasteiger partial charge in [-0.1, -0.05) is 0 Å². The molecule has 4 unspecified atom stereocenters. The van der Waals surface area contributed by atoms with Gasteiger partial charge in [-0.2, -0.15) is 0 Å². The highest BCUT2D eigenvalue weighted by Gasteiger charge is 2.44. The number of fused-ring (bicyclic) bond motifs is 1. The lowest BCUT2D eigenvalue weighted by molar-refractivity contribution is -0.139. The lowest BCUT2D eigenvalue weighted by Crippen LogP contribution is -2.57. The van der Waals surface area contributed by atoms with E-state index in [4.69, 9.17) is 0 Å². The Morgan fingerprint density at radius 3 is 2.89 bits per heavy atom. The molecule has 2 N–H and O–H groups in total. The molecule has 0 aromatic carbocycles. The zero-order valence-corrected chi connectivity index (χ0v) is 11.5. The fourth-order valence-corrected chi connectivity index (χ4v) is 3.76. The van der Waals surface area contributed by atoms with Crippen LogP contribution in [0.2, 0.25) is 0 Å². The van der Waals surface area contributed by atoms with Crippen molar-refractivity contribution in [2.75, 3.05) is 13.1 Å². The van der Waals surface area contributed by atoms with Crippen molar-refractivity contribution in [1.82, 2.24) is 15.5 Å². The van der Waals surface area contributed by atoms with Crippen LogP contribution in [-0.4, -0.2) is 47.9 Å². The zero-order valence-electron chi connectivity index (χ0n) is 11.5. The summed E-state index contributed by atoms with van der Waals surface area (Å²) in [4.78, 5) is 26.4. The van der Waals surface area contributed by atoms with Crippen molar-refractivity contribution < 1.29 is 9.59 Å². The smallest absolute Gasteiger partial charge is 0.240 e. The summed E-state index contributed by atoms with van der Waals surface area (Å²) in [6.07, 6.45) is 5.06. The van der Waals surface area contributed by atoms with Crippen LogP contribution in [0.25, 0.3) is 0 Å². The Kier molecular flexibility index (Phi) is 3.48. The molecule has 0 saturated carbocycles. The molecule has 3 aliphatic rings. The molecule has 0 aliphatic carbocycles. The molecule has 3 saturated heterocycles. The number of hydrogen-bond donors (Lipinski definition) is 2. The van der Waals surface area contributed by atoms with Gasteiger partial charge >= 0.3 is 0 Å². The number of rotatable bonds is 1. The Morgan fingerprint density at radius 2 is 2.11 bits per heavy atom. The van der Waals surface area contributed by atoms with E-state index in [1.807, 2.05) is 4.90 Å². The number of carbonyl (C=O) groups is 2. The summed E-state index contributed by atoms with van der Waals surface area (Å²) in [7, 11) is 0. The van der Waals surface area contributed by atoms with Crippen LogP contribution < -0.4 is 10.6 Å². The molecule has 3 fully saturated rings. The van der Waals surface area contributed by atoms with Crippen LogP contribution in [0.4, 0.5) is 0 Å². The van der Waals surface area contributed by atoms with E-state index in [0.717, 1.165) is 38.6 Å². The Balaban J connectivity index is 1.70. The number of nitrogens with one attached hydrogen (secondary N) is 2. The van der Waals surface area contributed by atoms with Crippen molar-refractivity contribution in [3.8, 4) is 0 Å². The van der Waals surface area contributed by atoms with Crippen LogP contribution >= 0.6 is 0 Å². The molecule has 4 atom stereocenters. The Hall–Kier alpha value is -1.10. The van der Waals surface area contributed by atoms with Crippen LogP contribution in [0.5, 0.6) is 0 Å². The van der Waals surface area contributed by atoms with Gasteiger partial charge < -0.3 is 15.5 Å². The summed E-state index contributed by atoms with van der Waals surface area (Å²) in [5, 5.41) is 6.31. The van der Waals surface area contributed by atoms with Gasteiger partial charge in [0.2, 0.25) is 11.8 Å². The topological polar surface area (TPSA) is 61.4 Å². The average Bonchev–Trinajstić information content (AvgIpc) is 2.80. The third-order valence-corrected chi connectivity index (χ3v) is 4.80. The van der Waals surface area contributed by atoms with E-state index in [9.17, 15) is 9.59 Å². The Morgan fingerprint density at radius 1 is 1.26 bits per heavy atom. The molecule has 3 aliphatic heterocycles. The van der Waals surface area contributed by atoms with Gasteiger partial charge in [-0.25, -0.2) is 0 Å². The van der Waals surface area contributed by atoms with E-state index in [0.29, 0.717) is 12.6 Å². The summed E-state index contributed by atoms with van der Waals surface area (Å²) < 4.78 is 0. The average molecular weight is 265 g/mol. The lowest BCUT2D eigenvalue weighted by Gasteiger charge is -2.39. The molecule has 0 spiro atoms. The quantitative estimate of drug-likeness (QED) is 0.714. The maximum absolute atomic E-state index is 12.7. The largest absolute Gasteiger partial charge is 0.354 e. The van der Waals surface area contributed by atoms with Gasteiger partial charge in [-0.15, -0.1) is 0 Å². The summed E-state index contributed by atoms with van der Waals surface area (Å²) in [6.45, 7) is 3.58. The third-order valence-electron chi connectivity index (χ3n) is 4.80. The molecular weight excluding hydrogens is 242 g/mol. The maximum Gasteiger partial charge on any atom is 0.240 e. The first kappa shape index (κ1) is 12.9. The van der Waals surface area contributed by atoms with Gasteiger partial charge in [0.25, 0.3) is 0 Å². The van der Waals surface area contributed by atoms with E-state index < -0.39 is 0 Å². The number of likely N-dealkylation sites (tertiary alicyclic amines) is 1. The zero-order chi connectivity index (χ0) is 13.4. The molecular formula is C14H23N3O2. The van der Waals surface area contributed by atoms with Crippen LogP contribution in [0, 0.1) is 5.92 Å². The van der Waals surface area contributed by atoms with E-state index in [-0.39, 0.29) is 29.8 Å². The van der Waals surface area contributed by atoms with E-state index in [2.05, 4.69) is 17.6 Å². The predicted octanol–water partition coefficient (Wildman–Crippen LogP) is 0.254. The third kappa shape index (κ3) is 2.36. The monoisotopic (exact) mass is 265 g/mol. The number of nitrogens with zero attached hydrogens (tertiary/aromatic N) is 1. The normalized spacial score (nSPS) is 38.8. The van der Waals surface area contributed by atoms with Gasteiger partial charge in [-0.3, -0.25) is 9.59 Å². The van der Waals surface area contributed by atoms with Gasteiger partial charge in [0.1, 0.15) is 0 Å². The summed E-state index contributed by atoms with van der Waals surface area (Å²) >= 11 is 0. The molecule has 0 aromatic heterocycles. The summed E-state index contributed by atoms with van der Waals surface area (Å²) in [5.41, 5.74) is 0. The van der Waals surface area contributed by atoms with Crippen LogP contribution in [0.3, 0.4) is 0 Å². The molecule has 0 bridgehead atoms. The number of amides is 2. The van der Waals surface area contributed by atoms with Gasteiger partial charge in [-0.05, 0) is 39.0 Å². The van der Waals surface area contributed by atoms with Crippen LogP contribution in [0.15, 0.2) is 0 Å². The minimum atomic E-state index is -0.0433. The van der Waals surface area contributed by atoms with Gasteiger partial charge in [0.15, 0.2) is 0 Å². The molecule has 3 heterocycles. The Bertz CT molecular complexity index is 385. The molecule has 2 amide bonds. The highest BCUT2D eigenvalue weighted by atomic mass is 16.2. The second-order valence-corrected chi connectivity index (χ2v) is 6.14. The SMILES string of the molecule is CC1CCCC(C(=O)N2CCCC3C(=O)NCC32)N1. The number of hydrogen-bond acceptors (Lipinski definition) is 3. The molecule has 0 aromatic rings. The lowest BCUT2D eigenvalue weighted by atomic mass is 9.90. The highest BCUT2D eigenvalue weighted by Crippen LogP contribution is 2.28. The number of piperidine rings is 2. The Labute approximate surface area is 114 Å². The van der Waals surface area contributed by atoms with E-state index >= 15 is 0 Å². The number of carbonyl (C=O) groups excluding carboxylic acids is 2. The maximum atomic E-state index is 12.7. The standard InChI is InChI=1S/C14H23N3O2/c1-9-4-2-6-11(16-9)14(19)17-7-3-5-10-12(17)8-15-13(10)18/h9-12,16H,2-8H2,1H3,(H,15,18). The first-order valence-electron chi connectivity index (χ1n) is 7.51. The van der Waals surface area contributed by atoms with Crippen molar-refractivity contribution >= 4 is 11.8 Å². The minimum absolute atomic E-state index is 0.0266. The summed E-state index contributed by atoms with van der Waals surface area (Å²) in [6, 6.07) is 0.470. The molecule has 0 radical (unpaired) electrons. The molecule has 3 rings (SSSR count). The summed E-state index contributed by atoms with van der Waals surface area (Å²) in [5.74, 6) is 0.365. The second-order valence-electron chi connectivity index (χ2n) is 6.14. The fourth-order valence-electron chi connectivity index (χ4n) is 3.76. The fraction of sp³-hybridized carbons (Fsp3) is 0.857. The van der Waals surface area contributed by atoms with Crippen LogP contribution in [0.1, 0.15) is 39.0 Å². The minimum Gasteiger partial charge on any atom is -0.354 e. The van der Waals surface area contributed by atoms with Crippen molar-refractivity contribution in [2.24, 2.45) is 5.92 Å². The van der Waals surface area contributed by atoms with Crippen molar-refractivity contribution in [1.29, 1.82) is 0 Å². The van der Waals surface area contributed by atoms with Gasteiger partial charge in [0, 0.05) is 19.1 Å². The molecule has 106 valence electrons. The van der Waals surface area contributed by atoms with E-state index in [1.165, 1.54) is 0 Å². The van der Waals surface area contributed by atoms with Crippen molar-refractivity contribution in [2.45, 2.75) is 57.2 Å². The first-order valence-corrected chi connectivity index (χ1v) is 7.51. The van der Waals surface area contributed by atoms with E-state index in [1.54, 1.807) is 0 Å².